The molecule has 1 unspecified atom stereocenters. The first-order valence-electron chi connectivity index (χ1n) is 3.99. The van der Waals surface area contributed by atoms with Gasteiger partial charge in [-0.15, -0.1) is 0 Å². The lowest BCUT2D eigenvalue weighted by atomic mass is 9.90. The van der Waals surface area contributed by atoms with Crippen LogP contribution in [0.1, 0.15) is 12.8 Å². The Kier molecular flexibility index (Phi) is 1.93. The highest BCUT2D eigenvalue weighted by atomic mass is 35.5. The number of carbonyl (C=O) groups is 1. The lowest BCUT2D eigenvalue weighted by Crippen LogP contribution is -2.27. The van der Waals surface area contributed by atoms with E-state index in [-0.39, 0.29) is 11.7 Å². The van der Waals surface area contributed by atoms with Crippen LogP contribution in [0.4, 0.5) is 0 Å². The number of ketones is 1. The predicted molar refractivity (Wildman–Crippen MR) is 45.7 cm³/mol. The smallest absolute Gasteiger partial charge is 0.147 e. The maximum atomic E-state index is 11.4. The molecule has 2 nitrogen and oxygen atoms in total. The number of hydrogen-bond donors (Lipinski definition) is 0. The molecular weight excluding hydrogens is 176 g/mol. The molecule has 0 amide bonds. The fourth-order valence-corrected chi connectivity index (χ4v) is 1.73. The minimum absolute atomic E-state index is 0.101. The summed E-state index contributed by atoms with van der Waals surface area (Å²) in [4.78, 5) is 11.4. The first-order chi connectivity index (χ1) is 5.77. The van der Waals surface area contributed by atoms with Gasteiger partial charge in [0.2, 0.25) is 0 Å². The van der Waals surface area contributed by atoms with Gasteiger partial charge in [0.05, 0.1) is 12.5 Å². The summed E-state index contributed by atoms with van der Waals surface area (Å²) >= 11 is 5.81. The van der Waals surface area contributed by atoms with Crippen LogP contribution in [0.3, 0.4) is 0 Å². The van der Waals surface area contributed by atoms with Gasteiger partial charge in [0.25, 0.3) is 0 Å². The second kappa shape index (κ2) is 2.94. The SMILES string of the molecule is O=C1CCOC2=CC=C(Cl)CC12. The highest BCUT2D eigenvalue weighted by Crippen LogP contribution is 2.32. The van der Waals surface area contributed by atoms with Crippen molar-refractivity contribution >= 4 is 17.4 Å². The van der Waals surface area contributed by atoms with Crippen LogP contribution < -0.4 is 0 Å². The van der Waals surface area contributed by atoms with Crippen molar-refractivity contribution in [2.75, 3.05) is 6.61 Å². The summed E-state index contributed by atoms with van der Waals surface area (Å²) in [5.74, 6) is 0.936. The minimum Gasteiger partial charge on any atom is -0.497 e. The molecular formula is C9H9ClO2. The van der Waals surface area contributed by atoms with Gasteiger partial charge in [0, 0.05) is 11.5 Å². The van der Waals surface area contributed by atoms with Crippen molar-refractivity contribution in [3.05, 3.63) is 22.9 Å². The zero-order valence-corrected chi connectivity index (χ0v) is 7.30. The number of halogens is 1. The van der Waals surface area contributed by atoms with Gasteiger partial charge in [-0.25, -0.2) is 0 Å². The molecule has 12 heavy (non-hydrogen) atoms. The molecule has 0 spiro atoms. The third-order valence-corrected chi connectivity index (χ3v) is 2.46. The summed E-state index contributed by atoms with van der Waals surface area (Å²) in [6.07, 6.45) is 4.73. The number of rotatable bonds is 0. The molecule has 0 saturated carbocycles. The number of hydrogen-bond acceptors (Lipinski definition) is 2. The Morgan fingerprint density at radius 1 is 1.50 bits per heavy atom. The summed E-state index contributed by atoms with van der Waals surface area (Å²) in [6, 6.07) is 0. The third-order valence-electron chi connectivity index (χ3n) is 2.18. The first-order valence-corrected chi connectivity index (χ1v) is 4.37. The highest BCUT2D eigenvalue weighted by molar-refractivity contribution is 6.30. The van der Waals surface area contributed by atoms with Crippen molar-refractivity contribution in [2.24, 2.45) is 5.92 Å². The quantitative estimate of drug-likeness (QED) is 0.576. The van der Waals surface area contributed by atoms with Gasteiger partial charge < -0.3 is 4.74 Å². The van der Waals surface area contributed by atoms with Crippen LogP contribution in [0.25, 0.3) is 0 Å². The van der Waals surface area contributed by atoms with Gasteiger partial charge in [-0.05, 0) is 18.6 Å². The molecule has 1 saturated heterocycles. The van der Waals surface area contributed by atoms with Crippen molar-refractivity contribution in [1.82, 2.24) is 0 Å². The zero-order chi connectivity index (χ0) is 8.55. The molecule has 1 aliphatic carbocycles. The molecule has 1 heterocycles. The second-order valence-electron chi connectivity index (χ2n) is 3.00. The van der Waals surface area contributed by atoms with Crippen molar-refractivity contribution < 1.29 is 9.53 Å². The Morgan fingerprint density at radius 3 is 3.17 bits per heavy atom. The Bertz CT molecular complexity index is 278. The van der Waals surface area contributed by atoms with Crippen LogP contribution in [0.15, 0.2) is 22.9 Å². The topological polar surface area (TPSA) is 26.3 Å². The van der Waals surface area contributed by atoms with Crippen LogP contribution >= 0.6 is 11.6 Å². The van der Waals surface area contributed by atoms with Gasteiger partial charge in [-0.2, -0.15) is 0 Å². The Balaban J connectivity index is 2.26. The molecule has 0 bridgehead atoms. The lowest BCUT2D eigenvalue weighted by Gasteiger charge is -2.26. The van der Waals surface area contributed by atoms with E-state index in [0.29, 0.717) is 19.4 Å². The van der Waals surface area contributed by atoms with Crippen LogP contribution in [0, 0.1) is 5.92 Å². The number of ether oxygens (including phenoxy) is 1. The van der Waals surface area contributed by atoms with E-state index >= 15 is 0 Å². The highest BCUT2D eigenvalue weighted by Gasteiger charge is 2.30. The summed E-state index contributed by atoms with van der Waals surface area (Å²) < 4.78 is 5.34. The number of allylic oxidation sites excluding steroid dienone is 4. The van der Waals surface area contributed by atoms with Crippen molar-refractivity contribution in [2.45, 2.75) is 12.8 Å². The molecule has 0 aromatic carbocycles. The normalized spacial score (nSPS) is 28.4. The Hall–Kier alpha value is -0.760. The number of Topliss-reactive ketones (excluding diaryl/α,β-unsaturated/α-hetero) is 1. The molecule has 0 aromatic rings. The summed E-state index contributed by atoms with van der Waals surface area (Å²) in [6.45, 7) is 0.520. The van der Waals surface area contributed by atoms with Gasteiger partial charge in [0.15, 0.2) is 0 Å². The van der Waals surface area contributed by atoms with Gasteiger partial charge in [0.1, 0.15) is 11.5 Å². The van der Waals surface area contributed by atoms with Crippen LogP contribution in [-0.4, -0.2) is 12.4 Å². The molecule has 1 fully saturated rings. The lowest BCUT2D eigenvalue weighted by molar-refractivity contribution is -0.126. The minimum atomic E-state index is -0.101. The van der Waals surface area contributed by atoms with Crippen molar-refractivity contribution in [1.29, 1.82) is 0 Å². The zero-order valence-electron chi connectivity index (χ0n) is 6.55. The molecule has 0 radical (unpaired) electrons. The van der Waals surface area contributed by atoms with Gasteiger partial charge in [-0.1, -0.05) is 11.6 Å². The van der Waals surface area contributed by atoms with Crippen LogP contribution in [-0.2, 0) is 9.53 Å². The molecule has 0 N–H and O–H groups in total. The van der Waals surface area contributed by atoms with E-state index in [0.717, 1.165) is 10.8 Å². The largest absolute Gasteiger partial charge is 0.497 e. The van der Waals surface area contributed by atoms with E-state index in [2.05, 4.69) is 0 Å². The fourth-order valence-electron chi connectivity index (χ4n) is 1.52. The summed E-state index contributed by atoms with van der Waals surface area (Å²) in [5.41, 5.74) is 0. The molecule has 2 rings (SSSR count). The van der Waals surface area contributed by atoms with E-state index in [4.69, 9.17) is 16.3 Å². The molecule has 3 heteroatoms. The fraction of sp³-hybridized carbons (Fsp3) is 0.444. The Labute approximate surface area is 75.8 Å². The molecule has 2 aliphatic rings. The van der Waals surface area contributed by atoms with Gasteiger partial charge in [-0.3, -0.25) is 4.79 Å². The molecule has 0 aromatic heterocycles. The van der Waals surface area contributed by atoms with Crippen molar-refractivity contribution in [3.63, 3.8) is 0 Å². The Morgan fingerprint density at radius 2 is 2.33 bits per heavy atom. The summed E-state index contributed by atoms with van der Waals surface area (Å²) in [7, 11) is 0. The molecule has 64 valence electrons. The van der Waals surface area contributed by atoms with Crippen molar-refractivity contribution in [3.8, 4) is 0 Å². The van der Waals surface area contributed by atoms with E-state index in [1.165, 1.54) is 0 Å². The van der Waals surface area contributed by atoms with Crippen LogP contribution in [0.5, 0.6) is 0 Å². The molecule has 1 aliphatic heterocycles. The standard InChI is InChI=1S/C9H9ClO2/c10-6-1-2-9-7(5-6)8(11)3-4-12-9/h1-2,7H,3-5H2. The predicted octanol–water partition coefficient (Wildman–Crippen LogP) is 2.00. The van der Waals surface area contributed by atoms with E-state index in [1.807, 2.05) is 0 Å². The third kappa shape index (κ3) is 1.27. The average molecular weight is 185 g/mol. The maximum absolute atomic E-state index is 11.4. The maximum Gasteiger partial charge on any atom is 0.147 e. The van der Waals surface area contributed by atoms with Gasteiger partial charge >= 0.3 is 0 Å². The summed E-state index contributed by atoms with van der Waals surface area (Å²) in [5, 5.41) is 0.739. The average Bonchev–Trinajstić information content (AvgIpc) is 2.07. The first kappa shape index (κ1) is 7.87. The monoisotopic (exact) mass is 184 g/mol. The second-order valence-corrected chi connectivity index (χ2v) is 3.49. The van der Waals surface area contributed by atoms with Crippen LogP contribution in [0.2, 0.25) is 0 Å². The molecule has 1 atom stereocenters. The van der Waals surface area contributed by atoms with E-state index < -0.39 is 0 Å². The van der Waals surface area contributed by atoms with E-state index in [9.17, 15) is 4.79 Å². The van der Waals surface area contributed by atoms with E-state index in [1.54, 1.807) is 12.2 Å². The number of fused-ring (bicyclic) bond motifs is 1. The number of carbonyl (C=O) groups excluding carboxylic acids is 1.